The number of nitrogens with zero attached hydrogens (tertiary/aromatic N) is 1. The van der Waals surface area contributed by atoms with Gasteiger partial charge >= 0.3 is 5.79 Å². The number of hydrogen-bond acceptors (Lipinski definition) is 5. The molecular formula is C23H21NO5S. The highest BCUT2D eigenvalue weighted by Crippen LogP contribution is 2.48. The van der Waals surface area contributed by atoms with E-state index in [1.54, 1.807) is 6.07 Å². The van der Waals surface area contributed by atoms with Crippen LogP contribution in [0.25, 0.3) is 0 Å². The summed E-state index contributed by atoms with van der Waals surface area (Å²) in [6, 6.07) is 23.8. The molecule has 0 aromatic heterocycles. The minimum atomic E-state index is -3.72. The van der Waals surface area contributed by atoms with Gasteiger partial charge in [0.15, 0.2) is 11.5 Å². The van der Waals surface area contributed by atoms with Gasteiger partial charge in [0, 0.05) is 30.3 Å². The number of aliphatic hydroxyl groups is 1. The minimum absolute atomic E-state index is 0.106. The predicted molar refractivity (Wildman–Crippen MR) is 111 cm³/mol. The Morgan fingerprint density at radius 2 is 1.47 bits per heavy atom. The number of hydrogen-bond donors (Lipinski definition) is 1. The molecule has 0 amide bonds. The van der Waals surface area contributed by atoms with Crippen LogP contribution >= 0.6 is 0 Å². The Morgan fingerprint density at radius 3 is 2.03 bits per heavy atom. The molecule has 0 radical (unpaired) electrons. The van der Waals surface area contributed by atoms with Crippen molar-refractivity contribution in [3.63, 3.8) is 0 Å². The Kier molecular flexibility index (Phi) is 4.54. The lowest BCUT2D eigenvalue weighted by Gasteiger charge is -2.28. The van der Waals surface area contributed by atoms with Crippen LogP contribution in [0.1, 0.15) is 17.5 Å². The van der Waals surface area contributed by atoms with Gasteiger partial charge in [-0.1, -0.05) is 60.7 Å². The van der Waals surface area contributed by atoms with Gasteiger partial charge < -0.3 is 14.6 Å². The Balaban J connectivity index is 1.56. The van der Waals surface area contributed by atoms with Crippen LogP contribution in [0.15, 0.2) is 83.8 Å². The molecule has 1 N–H and O–H groups in total. The van der Waals surface area contributed by atoms with Gasteiger partial charge in [0.25, 0.3) is 0 Å². The van der Waals surface area contributed by atoms with Gasteiger partial charge in [0.05, 0.1) is 11.0 Å². The molecule has 1 unspecified atom stereocenters. The van der Waals surface area contributed by atoms with Crippen LogP contribution in [-0.4, -0.2) is 37.0 Å². The lowest BCUT2D eigenvalue weighted by molar-refractivity contribution is -0.0459. The summed E-state index contributed by atoms with van der Waals surface area (Å²) >= 11 is 0. The number of ether oxygens (including phenoxy) is 2. The Bertz CT molecular complexity index is 1130. The van der Waals surface area contributed by atoms with E-state index in [4.69, 9.17) is 9.47 Å². The van der Waals surface area contributed by atoms with Crippen molar-refractivity contribution >= 4 is 10.0 Å². The molecule has 6 nitrogen and oxygen atoms in total. The molecule has 3 aromatic carbocycles. The van der Waals surface area contributed by atoms with Crippen LogP contribution in [0.5, 0.6) is 11.5 Å². The van der Waals surface area contributed by atoms with E-state index < -0.39 is 21.9 Å². The second-order valence-corrected chi connectivity index (χ2v) is 9.40. The molecule has 0 bridgehead atoms. The van der Waals surface area contributed by atoms with Gasteiger partial charge in [-0.3, -0.25) is 0 Å². The van der Waals surface area contributed by atoms with Crippen molar-refractivity contribution in [2.75, 3.05) is 13.1 Å². The summed E-state index contributed by atoms with van der Waals surface area (Å²) in [6.45, 7) is 0.407. The predicted octanol–water partition coefficient (Wildman–Crippen LogP) is 3.11. The highest BCUT2D eigenvalue weighted by Gasteiger charge is 2.46. The molecule has 154 valence electrons. The van der Waals surface area contributed by atoms with Crippen molar-refractivity contribution in [1.29, 1.82) is 0 Å². The van der Waals surface area contributed by atoms with Crippen LogP contribution < -0.4 is 9.47 Å². The fourth-order valence-corrected chi connectivity index (χ4v) is 5.45. The summed E-state index contributed by atoms with van der Waals surface area (Å²) in [6.07, 6.45) is -0.188. The van der Waals surface area contributed by atoms with Crippen LogP contribution in [-0.2, 0) is 15.8 Å². The molecule has 1 saturated heterocycles. The molecule has 7 heteroatoms. The zero-order valence-corrected chi connectivity index (χ0v) is 17.0. The van der Waals surface area contributed by atoms with Crippen molar-refractivity contribution in [2.24, 2.45) is 0 Å². The topological polar surface area (TPSA) is 76.1 Å². The minimum Gasteiger partial charge on any atom is -0.440 e. The van der Waals surface area contributed by atoms with E-state index in [-0.39, 0.29) is 11.4 Å². The smallest absolute Gasteiger partial charge is 0.305 e. The van der Waals surface area contributed by atoms with E-state index in [0.29, 0.717) is 24.5 Å². The maximum absolute atomic E-state index is 13.0. The average Bonchev–Trinajstić information content (AvgIpc) is 3.39. The molecule has 2 aliphatic rings. The van der Waals surface area contributed by atoms with E-state index in [9.17, 15) is 13.5 Å². The normalized spacial score (nSPS) is 20.4. The van der Waals surface area contributed by atoms with Crippen LogP contribution in [0, 0.1) is 0 Å². The number of β-amino-alcohol motifs (C(OH)–C–C–N with tert-alkyl or cyclic N) is 1. The third kappa shape index (κ3) is 3.06. The zero-order valence-electron chi connectivity index (χ0n) is 16.1. The monoisotopic (exact) mass is 423 g/mol. The van der Waals surface area contributed by atoms with Crippen molar-refractivity contribution in [3.05, 3.63) is 90.0 Å². The van der Waals surface area contributed by atoms with Gasteiger partial charge in [-0.15, -0.1) is 0 Å². The van der Waals surface area contributed by atoms with Gasteiger partial charge in [0.2, 0.25) is 10.0 Å². The first-order valence-corrected chi connectivity index (χ1v) is 11.2. The first-order chi connectivity index (χ1) is 14.5. The molecule has 2 heterocycles. The summed E-state index contributed by atoms with van der Waals surface area (Å²) in [4.78, 5) is 0.121. The van der Waals surface area contributed by atoms with E-state index in [2.05, 4.69) is 0 Å². The third-order valence-electron chi connectivity index (χ3n) is 5.49. The third-order valence-corrected chi connectivity index (χ3v) is 7.36. The Morgan fingerprint density at radius 1 is 0.867 bits per heavy atom. The molecule has 30 heavy (non-hydrogen) atoms. The molecule has 5 rings (SSSR count). The lowest BCUT2D eigenvalue weighted by Crippen LogP contribution is -2.36. The summed E-state index contributed by atoms with van der Waals surface area (Å²) in [5.74, 6) is -0.358. The average molecular weight is 423 g/mol. The van der Waals surface area contributed by atoms with Crippen molar-refractivity contribution in [3.8, 4) is 11.5 Å². The van der Waals surface area contributed by atoms with Crippen molar-refractivity contribution in [1.82, 2.24) is 4.31 Å². The highest BCUT2D eigenvalue weighted by molar-refractivity contribution is 7.89. The summed E-state index contributed by atoms with van der Waals surface area (Å²) in [5, 5.41) is 9.73. The second kappa shape index (κ2) is 7.12. The summed E-state index contributed by atoms with van der Waals surface area (Å²) < 4.78 is 39.9. The van der Waals surface area contributed by atoms with E-state index >= 15 is 0 Å². The molecule has 3 aromatic rings. The maximum atomic E-state index is 13.0. The van der Waals surface area contributed by atoms with Gasteiger partial charge in [0.1, 0.15) is 0 Å². The SMILES string of the molecule is O=S(=O)(c1ccc2c(c1)OC(c1ccccc1)(c1ccccc1)O2)N1CCC(O)C1. The fourth-order valence-electron chi connectivity index (χ4n) is 3.94. The molecule has 2 aliphatic heterocycles. The summed E-state index contributed by atoms with van der Waals surface area (Å²) in [5.41, 5.74) is 1.61. The zero-order chi connectivity index (χ0) is 20.8. The molecular weight excluding hydrogens is 402 g/mol. The first kappa shape index (κ1) is 19.1. The molecule has 0 spiro atoms. The quantitative estimate of drug-likeness (QED) is 0.698. The van der Waals surface area contributed by atoms with Crippen molar-refractivity contribution < 1.29 is 23.0 Å². The Hall–Kier alpha value is -2.87. The first-order valence-electron chi connectivity index (χ1n) is 9.80. The summed E-state index contributed by atoms with van der Waals surface area (Å²) in [7, 11) is -3.72. The van der Waals surface area contributed by atoms with Gasteiger partial charge in [-0.05, 0) is 18.6 Å². The molecule has 1 atom stereocenters. The number of benzene rings is 3. The van der Waals surface area contributed by atoms with Crippen LogP contribution in [0.3, 0.4) is 0 Å². The molecule has 0 saturated carbocycles. The fraction of sp³-hybridized carbons (Fsp3) is 0.217. The second-order valence-electron chi connectivity index (χ2n) is 7.47. The number of fused-ring (bicyclic) bond motifs is 1. The maximum Gasteiger partial charge on any atom is 0.305 e. The molecule has 0 aliphatic carbocycles. The van der Waals surface area contributed by atoms with Crippen LogP contribution in [0.2, 0.25) is 0 Å². The number of sulfonamides is 1. The van der Waals surface area contributed by atoms with Crippen LogP contribution in [0.4, 0.5) is 0 Å². The highest BCUT2D eigenvalue weighted by atomic mass is 32.2. The standard InChI is InChI=1S/C23H21NO5S/c25-19-13-14-24(16-19)30(26,27)20-11-12-21-22(15-20)29-23(28-21,17-7-3-1-4-8-17)18-9-5-2-6-10-18/h1-12,15,19,25H,13-14,16H2. The Labute approximate surface area is 175 Å². The van der Waals surface area contributed by atoms with E-state index in [1.807, 2.05) is 60.7 Å². The van der Waals surface area contributed by atoms with E-state index in [0.717, 1.165) is 11.1 Å². The molecule has 1 fully saturated rings. The largest absolute Gasteiger partial charge is 0.440 e. The number of rotatable bonds is 4. The van der Waals surface area contributed by atoms with Crippen molar-refractivity contribution in [2.45, 2.75) is 23.2 Å². The van der Waals surface area contributed by atoms with Gasteiger partial charge in [-0.2, -0.15) is 4.31 Å². The number of aliphatic hydroxyl groups excluding tert-OH is 1. The lowest BCUT2D eigenvalue weighted by atomic mass is 9.97. The van der Waals surface area contributed by atoms with Gasteiger partial charge in [-0.25, -0.2) is 8.42 Å². The van der Waals surface area contributed by atoms with E-state index in [1.165, 1.54) is 16.4 Å².